The molecule has 2 aliphatic rings. The van der Waals surface area contributed by atoms with Crippen molar-refractivity contribution in [1.82, 2.24) is 14.1 Å². The molecule has 9 nitrogen and oxygen atoms in total. The van der Waals surface area contributed by atoms with Gasteiger partial charge in [0.15, 0.2) is 0 Å². The summed E-state index contributed by atoms with van der Waals surface area (Å²) in [6, 6.07) is 12.4. The third-order valence-electron chi connectivity index (χ3n) is 6.60. The first-order valence-electron chi connectivity index (χ1n) is 11.8. The van der Waals surface area contributed by atoms with Crippen molar-refractivity contribution in [3.8, 4) is 0 Å². The molecular weight excluding hydrogens is 482 g/mol. The number of carbonyl (C=O) groups excluding carboxylic acids is 2. The number of morpholine rings is 1. The summed E-state index contributed by atoms with van der Waals surface area (Å²) in [5.41, 5.74) is 2.00. The second-order valence-corrected chi connectivity index (χ2v) is 11.3. The highest BCUT2D eigenvalue weighted by Crippen LogP contribution is 2.39. The van der Waals surface area contributed by atoms with Crippen molar-refractivity contribution < 1.29 is 27.9 Å². The van der Waals surface area contributed by atoms with E-state index >= 15 is 0 Å². The lowest BCUT2D eigenvalue weighted by Crippen LogP contribution is -2.42. The summed E-state index contributed by atoms with van der Waals surface area (Å²) in [7, 11) is -0.782. The van der Waals surface area contributed by atoms with E-state index in [1.807, 2.05) is 31.2 Å². The van der Waals surface area contributed by atoms with Crippen LogP contribution in [0.2, 0.25) is 0 Å². The molecule has 2 fully saturated rings. The summed E-state index contributed by atoms with van der Waals surface area (Å²) in [5, 5.41) is 11.2. The maximum absolute atomic E-state index is 13.2. The van der Waals surface area contributed by atoms with Crippen molar-refractivity contribution >= 4 is 27.5 Å². The van der Waals surface area contributed by atoms with Crippen LogP contribution in [0.5, 0.6) is 0 Å². The van der Waals surface area contributed by atoms with E-state index in [4.69, 9.17) is 4.74 Å². The van der Waals surface area contributed by atoms with Gasteiger partial charge in [0.25, 0.3) is 11.7 Å². The van der Waals surface area contributed by atoms with Crippen LogP contribution in [0.1, 0.15) is 22.7 Å². The number of hydrogen-bond acceptors (Lipinski definition) is 7. The summed E-state index contributed by atoms with van der Waals surface area (Å²) in [6.07, 6.45) is 0. The monoisotopic (exact) mass is 513 g/mol. The molecule has 0 radical (unpaired) electrons. The van der Waals surface area contributed by atoms with Gasteiger partial charge in [-0.3, -0.25) is 14.5 Å². The maximum Gasteiger partial charge on any atom is 0.295 e. The number of ketones is 1. The van der Waals surface area contributed by atoms with Gasteiger partial charge in [0.05, 0.1) is 29.7 Å². The predicted octanol–water partition coefficient (Wildman–Crippen LogP) is 2.00. The molecule has 36 heavy (non-hydrogen) atoms. The molecular formula is C26H31N3O6S. The lowest BCUT2D eigenvalue weighted by Gasteiger charge is -2.31. The molecule has 4 rings (SSSR count). The highest BCUT2D eigenvalue weighted by Gasteiger charge is 2.46. The molecule has 1 atom stereocenters. The first-order valence-corrected chi connectivity index (χ1v) is 13.2. The molecule has 192 valence electrons. The number of likely N-dealkylation sites (tertiary alicyclic amines) is 1. The largest absolute Gasteiger partial charge is 0.507 e. The Bertz CT molecular complexity index is 1260. The molecule has 10 heteroatoms. The number of Topliss-reactive ketones (excluding diaryl/α,β-unsaturated/α-hetero) is 1. The van der Waals surface area contributed by atoms with Gasteiger partial charge in [0, 0.05) is 45.8 Å². The number of ether oxygens (including phenoxy) is 1. The predicted molar refractivity (Wildman–Crippen MR) is 135 cm³/mol. The van der Waals surface area contributed by atoms with Crippen LogP contribution in [0.25, 0.3) is 5.76 Å². The van der Waals surface area contributed by atoms with Crippen molar-refractivity contribution in [3.63, 3.8) is 0 Å². The first-order chi connectivity index (χ1) is 17.1. The average Bonchev–Trinajstić information content (AvgIpc) is 3.13. The number of carbonyl (C=O) groups is 2. The molecule has 0 unspecified atom stereocenters. The van der Waals surface area contributed by atoms with Gasteiger partial charge in [-0.2, -0.15) is 0 Å². The van der Waals surface area contributed by atoms with Gasteiger partial charge in [-0.25, -0.2) is 12.7 Å². The van der Waals surface area contributed by atoms with Gasteiger partial charge in [-0.1, -0.05) is 29.8 Å². The number of nitrogens with zero attached hydrogens (tertiary/aromatic N) is 3. The molecule has 1 amide bonds. The minimum Gasteiger partial charge on any atom is -0.507 e. The van der Waals surface area contributed by atoms with Crippen LogP contribution in [-0.2, 0) is 24.3 Å². The van der Waals surface area contributed by atoms with E-state index < -0.39 is 27.8 Å². The Kier molecular flexibility index (Phi) is 7.60. The normalized spacial score (nSPS) is 20.9. The number of aryl methyl sites for hydroxylation is 1. The summed E-state index contributed by atoms with van der Waals surface area (Å²) < 4.78 is 31.3. The lowest BCUT2D eigenvalue weighted by molar-refractivity contribution is -0.140. The summed E-state index contributed by atoms with van der Waals surface area (Å²) in [4.78, 5) is 30.1. The van der Waals surface area contributed by atoms with Crippen LogP contribution in [0.4, 0.5) is 0 Å². The summed E-state index contributed by atoms with van der Waals surface area (Å²) >= 11 is 0. The van der Waals surface area contributed by atoms with Crippen LogP contribution in [0, 0.1) is 6.92 Å². The van der Waals surface area contributed by atoms with Crippen LogP contribution in [-0.4, -0.2) is 92.8 Å². The minimum absolute atomic E-state index is 0.00551. The zero-order valence-electron chi connectivity index (χ0n) is 20.7. The first kappa shape index (κ1) is 26.0. The fraction of sp³-hybridized carbons (Fsp3) is 0.385. The number of benzene rings is 2. The van der Waals surface area contributed by atoms with E-state index in [9.17, 15) is 23.1 Å². The van der Waals surface area contributed by atoms with E-state index in [1.54, 1.807) is 0 Å². The molecule has 2 saturated heterocycles. The van der Waals surface area contributed by atoms with Gasteiger partial charge in [0.1, 0.15) is 5.76 Å². The highest BCUT2D eigenvalue weighted by molar-refractivity contribution is 7.89. The number of aliphatic hydroxyl groups excluding tert-OH is 1. The van der Waals surface area contributed by atoms with Gasteiger partial charge >= 0.3 is 0 Å². The molecule has 0 spiro atoms. The number of hydrogen-bond donors (Lipinski definition) is 1. The van der Waals surface area contributed by atoms with Crippen LogP contribution < -0.4 is 0 Å². The van der Waals surface area contributed by atoms with Crippen molar-refractivity contribution in [1.29, 1.82) is 0 Å². The fourth-order valence-corrected chi connectivity index (χ4v) is 5.33. The fourth-order valence-electron chi connectivity index (χ4n) is 4.43. The Morgan fingerprint density at radius 2 is 1.61 bits per heavy atom. The van der Waals surface area contributed by atoms with Crippen LogP contribution in [0.15, 0.2) is 59.0 Å². The number of amides is 1. The molecule has 2 aromatic carbocycles. The molecule has 0 saturated carbocycles. The van der Waals surface area contributed by atoms with Crippen molar-refractivity contribution in [2.24, 2.45) is 0 Å². The Morgan fingerprint density at radius 1 is 1.00 bits per heavy atom. The van der Waals surface area contributed by atoms with Gasteiger partial charge in [-0.15, -0.1) is 0 Å². The molecule has 0 aromatic heterocycles. The van der Waals surface area contributed by atoms with E-state index in [0.29, 0.717) is 26.3 Å². The van der Waals surface area contributed by atoms with Gasteiger partial charge < -0.3 is 14.7 Å². The van der Waals surface area contributed by atoms with E-state index in [-0.39, 0.29) is 21.8 Å². The van der Waals surface area contributed by atoms with Gasteiger partial charge in [0.2, 0.25) is 10.0 Å². The quantitative estimate of drug-likeness (QED) is 0.343. The van der Waals surface area contributed by atoms with E-state index in [1.165, 1.54) is 43.3 Å². The molecule has 0 bridgehead atoms. The van der Waals surface area contributed by atoms with E-state index in [2.05, 4.69) is 4.90 Å². The lowest BCUT2D eigenvalue weighted by atomic mass is 9.95. The molecule has 2 heterocycles. The Labute approximate surface area is 211 Å². The van der Waals surface area contributed by atoms with Crippen molar-refractivity contribution in [2.45, 2.75) is 17.9 Å². The molecule has 2 aliphatic heterocycles. The maximum atomic E-state index is 13.2. The van der Waals surface area contributed by atoms with Crippen LogP contribution >= 0.6 is 0 Å². The zero-order valence-corrected chi connectivity index (χ0v) is 21.5. The molecule has 2 aromatic rings. The summed E-state index contributed by atoms with van der Waals surface area (Å²) in [5.74, 6) is -1.76. The van der Waals surface area contributed by atoms with E-state index in [0.717, 1.165) is 28.5 Å². The van der Waals surface area contributed by atoms with Crippen molar-refractivity contribution in [2.75, 3.05) is 53.5 Å². The Balaban J connectivity index is 1.72. The number of sulfonamides is 1. The SMILES string of the molecule is Cc1ccc([C@H]2C(=C(O)c3ccc(S(=O)(=O)N(C)C)cc3)C(=O)C(=O)N2CCN2CCOCC2)cc1. The van der Waals surface area contributed by atoms with Gasteiger partial charge in [-0.05, 0) is 36.8 Å². The van der Waals surface area contributed by atoms with Crippen molar-refractivity contribution in [3.05, 3.63) is 70.8 Å². The highest BCUT2D eigenvalue weighted by atomic mass is 32.2. The molecule has 1 N–H and O–H groups in total. The second kappa shape index (κ2) is 10.5. The third kappa shape index (κ3) is 5.08. The molecule has 0 aliphatic carbocycles. The Hall–Kier alpha value is -3.05. The average molecular weight is 514 g/mol. The topological polar surface area (TPSA) is 107 Å². The zero-order chi connectivity index (χ0) is 26.0. The van der Waals surface area contributed by atoms with Crippen LogP contribution in [0.3, 0.4) is 0 Å². The second-order valence-electron chi connectivity index (χ2n) is 9.17. The summed E-state index contributed by atoms with van der Waals surface area (Å²) in [6.45, 7) is 5.60. The number of aliphatic hydroxyl groups is 1. The standard InChI is InChI=1S/C26H31N3O6S/c1-18-4-6-19(7-5-18)23-22(24(30)20-8-10-21(11-9-20)36(33,34)27(2)3)25(31)26(32)29(23)13-12-28-14-16-35-17-15-28/h4-11,23,30H,12-17H2,1-3H3/t23-/m0/s1. The number of rotatable bonds is 7. The minimum atomic E-state index is -3.65. The third-order valence-corrected chi connectivity index (χ3v) is 8.43. The Morgan fingerprint density at radius 3 is 2.19 bits per heavy atom. The smallest absolute Gasteiger partial charge is 0.295 e.